The van der Waals surface area contributed by atoms with Crippen molar-refractivity contribution in [3.63, 3.8) is 0 Å². The third-order valence-corrected chi connectivity index (χ3v) is 7.10. The number of nitrogens with zero attached hydrogens (tertiary/aromatic N) is 1. The van der Waals surface area contributed by atoms with Crippen molar-refractivity contribution in [3.05, 3.63) is 64.7 Å². The molecule has 4 rings (SSSR count). The number of aryl methyl sites for hydroxylation is 1. The zero-order chi connectivity index (χ0) is 20.6. The summed E-state index contributed by atoms with van der Waals surface area (Å²) in [5.74, 6) is -1.06. The molecule has 2 aromatic carbocycles. The number of likely N-dealkylation sites (tertiary alicyclic amines) is 1. The first-order valence-electron chi connectivity index (χ1n) is 9.62. The van der Waals surface area contributed by atoms with Crippen LogP contribution in [0.4, 0.5) is 0 Å². The molecule has 2 aliphatic heterocycles. The number of hydrogen-bond donors (Lipinski definition) is 2. The molecule has 152 valence electrons. The van der Waals surface area contributed by atoms with E-state index < -0.39 is 21.8 Å². The summed E-state index contributed by atoms with van der Waals surface area (Å²) >= 11 is 0. The topological polar surface area (TPSA) is 95.6 Å². The summed E-state index contributed by atoms with van der Waals surface area (Å²) in [7, 11) is -3.77. The minimum Gasteiger partial charge on any atom is -0.299 e. The van der Waals surface area contributed by atoms with Crippen molar-refractivity contribution in [2.45, 2.75) is 37.2 Å². The van der Waals surface area contributed by atoms with Crippen LogP contribution in [0.1, 0.15) is 44.7 Å². The van der Waals surface area contributed by atoms with Crippen LogP contribution in [-0.2, 0) is 16.6 Å². The first kappa shape index (κ1) is 19.8. The fourth-order valence-corrected chi connectivity index (χ4v) is 5.17. The van der Waals surface area contributed by atoms with E-state index in [1.807, 2.05) is 12.1 Å². The van der Waals surface area contributed by atoms with Gasteiger partial charge in [-0.2, -0.15) is 0 Å². The van der Waals surface area contributed by atoms with Gasteiger partial charge in [-0.25, -0.2) is 13.1 Å². The lowest BCUT2D eigenvalue weighted by molar-refractivity contribution is 0.0879. The SMILES string of the molecule is Cc1ccccc1CN1CCC(NS(=O)(=O)c2ccc3c(c2)C(=O)NC3=O)CC1. The third kappa shape index (κ3) is 4.10. The lowest BCUT2D eigenvalue weighted by Gasteiger charge is -2.32. The van der Waals surface area contributed by atoms with E-state index in [0.29, 0.717) is 0 Å². The van der Waals surface area contributed by atoms with E-state index in [0.717, 1.165) is 32.5 Å². The number of carbonyl (C=O) groups is 2. The minimum absolute atomic E-state index is 0.00319. The molecule has 2 heterocycles. The first-order chi connectivity index (χ1) is 13.8. The number of piperidine rings is 1. The quantitative estimate of drug-likeness (QED) is 0.729. The molecule has 2 amide bonds. The molecule has 2 aliphatic rings. The van der Waals surface area contributed by atoms with E-state index >= 15 is 0 Å². The average molecular weight is 413 g/mol. The van der Waals surface area contributed by atoms with Gasteiger partial charge in [-0.05, 0) is 49.1 Å². The summed E-state index contributed by atoms with van der Waals surface area (Å²) in [4.78, 5) is 25.8. The Kier molecular flexibility index (Phi) is 5.24. The molecule has 1 fully saturated rings. The predicted octanol–water partition coefficient (Wildman–Crippen LogP) is 1.82. The highest BCUT2D eigenvalue weighted by molar-refractivity contribution is 7.89. The largest absolute Gasteiger partial charge is 0.299 e. The molecule has 2 aromatic rings. The first-order valence-corrected chi connectivity index (χ1v) is 11.1. The molecule has 0 radical (unpaired) electrons. The Bertz CT molecular complexity index is 1070. The molecule has 0 atom stereocenters. The Labute approximate surface area is 170 Å². The van der Waals surface area contributed by atoms with E-state index in [4.69, 9.17) is 0 Å². The number of amides is 2. The lowest BCUT2D eigenvalue weighted by Crippen LogP contribution is -2.44. The number of fused-ring (bicyclic) bond motifs is 1. The van der Waals surface area contributed by atoms with Crippen LogP contribution < -0.4 is 10.0 Å². The number of carbonyl (C=O) groups excluding carboxylic acids is 2. The standard InChI is InChI=1S/C21H23N3O4S/c1-14-4-2-3-5-15(14)13-24-10-8-16(9-11-24)23-29(27,28)17-6-7-18-19(12-17)21(26)22-20(18)25/h2-7,12,16,23H,8-11,13H2,1H3,(H,22,25,26). The Morgan fingerprint density at radius 3 is 2.45 bits per heavy atom. The Morgan fingerprint density at radius 1 is 1.03 bits per heavy atom. The summed E-state index contributed by atoms with van der Waals surface area (Å²) < 4.78 is 28.3. The zero-order valence-corrected chi connectivity index (χ0v) is 17.0. The number of rotatable bonds is 5. The summed E-state index contributed by atoms with van der Waals surface area (Å²) in [5.41, 5.74) is 2.86. The molecule has 7 nitrogen and oxygen atoms in total. The predicted molar refractivity (Wildman–Crippen MR) is 108 cm³/mol. The Hall–Kier alpha value is -2.55. The molecule has 0 unspecified atom stereocenters. The van der Waals surface area contributed by atoms with Crippen LogP contribution in [0.15, 0.2) is 47.4 Å². The van der Waals surface area contributed by atoms with Crippen LogP contribution in [0.2, 0.25) is 0 Å². The van der Waals surface area contributed by atoms with Gasteiger partial charge in [-0.3, -0.25) is 19.8 Å². The number of hydrogen-bond acceptors (Lipinski definition) is 5. The smallest absolute Gasteiger partial charge is 0.258 e. The molecule has 2 N–H and O–H groups in total. The van der Waals surface area contributed by atoms with Gasteiger partial charge in [0.25, 0.3) is 11.8 Å². The van der Waals surface area contributed by atoms with E-state index in [1.54, 1.807) is 0 Å². The number of nitrogens with one attached hydrogen (secondary N) is 2. The molecular weight excluding hydrogens is 390 g/mol. The van der Waals surface area contributed by atoms with Crippen molar-refractivity contribution in [1.82, 2.24) is 14.9 Å². The van der Waals surface area contributed by atoms with Crippen molar-refractivity contribution >= 4 is 21.8 Å². The number of benzene rings is 2. The summed E-state index contributed by atoms with van der Waals surface area (Å²) in [5, 5.41) is 2.17. The minimum atomic E-state index is -3.77. The molecule has 0 saturated carbocycles. The third-order valence-electron chi connectivity index (χ3n) is 5.58. The maximum absolute atomic E-state index is 12.8. The summed E-state index contributed by atoms with van der Waals surface area (Å²) in [6.07, 6.45) is 1.43. The van der Waals surface area contributed by atoms with E-state index in [-0.39, 0.29) is 22.1 Å². The van der Waals surface area contributed by atoms with Gasteiger partial charge in [-0.15, -0.1) is 0 Å². The molecule has 0 spiro atoms. The molecule has 0 aliphatic carbocycles. The monoisotopic (exact) mass is 413 g/mol. The van der Waals surface area contributed by atoms with Crippen LogP contribution >= 0.6 is 0 Å². The second-order valence-electron chi connectivity index (χ2n) is 7.59. The fraction of sp³-hybridized carbons (Fsp3) is 0.333. The van der Waals surface area contributed by atoms with E-state index in [9.17, 15) is 18.0 Å². The molecular formula is C21H23N3O4S. The van der Waals surface area contributed by atoms with Crippen LogP contribution in [0.5, 0.6) is 0 Å². The van der Waals surface area contributed by atoms with E-state index in [1.165, 1.54) is 29.3 Å². The number of sulfonamides is 1. The molecule has 1 saturated heterocycles. The zero-order valence-electron chi connectivity index (χ0n) is 16.1. The normalized spacial score (nSPS) is 18.0. The fourth-order valence-electron chi connectivity index (χ4n) is 3.84. The molecule has 0 aromatic heterocycles. The number of imide groups is 1. The summed E-state index contributed by atoms with van der Waals surface area (Å²) in [6.45, 7) is 4.58. The highest BCUT2D eigenvalue weighted by Crippen LogP contribution is 2.22. The highest BCUT2D eigenvalue weighted by Gasteiger charge is 2.30. The van der Waals surface area contributed by atoms with Gasteiger partial charge in [0.1, 0.15) is 0 Å². The van der Waals surface area contributed by atoms with Crippen molar-refractivity contribution in [3.8, 4) is 0 Å². The van der Waals surface area contributed by atoms with Gasteiger partial charge < -0.3 is 0 Å². The van der Waals surface area contributed by atoms with Crippen LogP contribution in [0.25, 0.3) is 0 Å². The maximum atomic E-state index is 12.8. The van der Waals surface area contributed by atoms with Crippen molar-refractivity contribution in [2.75, 3.05) is 13.1 Å². The highest BCUT2D eigenvalue weighted by atomic mass is 32.2. The van der Waals surface area contributed by atoms with Gasteiger partial charge in [0.05, 0.1) is 16.0 Å². The second-order valence-corrected chi connectivity index (χ2v) is 9.30. The summed E-state index contributed by atoms with van der Waals surface area (Å²) in [6, 6.07) is 12.1. The molecule has 0 bridgehead atoms. The maximum Gasteiger partial charge on any atom is 0.258 e. The van der Waals surface area contributed by atoms with Crippen LogP contribution in [-0.4, -0.2) is 44.3 Å². The van der Waals surface area contributed by atoms with Crippen LogP contribution in [0, 0.1) is 6.92 Å². The van der Waals surface area contributed by atoms with Crippen molar-refractivity contribution < 1.29 is 18.0 Å². The van der Waals surface area contributed by atoms with Gasteiger partial charge in [0, 0.05) is 25.7 Å². The van der Waals surface area contributed by atoms with Gasteiger partial charge in [0.2, 0.25) is 10.0 Å². The Morgan fingerprint density at radius 2 is 1.72 bits per heavy atom. The van der Waals surface area contributed by atoms with Crippen molar-refractivity contribution in [1.29, 1.82) is 0 Å². The Balaban J connectivity index is 1.39. The average Bonchev–Trinajstić information content (AvgIpc) is 2.98. The van der Waals surface area contributed by atoms with Gasteiger partial charge >= 0.3 is 0 Å². The molecule has 29 heavy (non-hydrogen) atoms. The van der Waals surface area contributed by atoms with Crippen molar-refractivity contribution in [2.24, 2.45) is 0 Å². The van der Waals surface area contributed by atoms with E-state index in [2.05, 4.69) is 34.0 Å². The second kappa shape index (κ2) is 7.70. The lowest BCUT2D eigenvalue weighted by atomic mass is 10.0. The van der Waals surface area contributed by atoms with Gasteiger partial charge in [-0.1, -0.05) is 24.3 Å². The van der Waals surface area contributed by atoms with Crippen LogP contribution in [0.3, 0.4) is 0 Å². The van der Waals surface area contributed by atoms with Gasteiger partial charge in [0.15, 0.2) is 0 Å². The molecule has 8 heteroatoms.